The fourth-order valence-electron chi connectivity index (χ4n) is 1.76. The van der Waals surface area contributed by atoms with Gasteiger partial charge in [-0.1, -0.05) is 0 Å². The highest BCUT2D eigenvalue weighted by molar-refractivity contribution is 14.1. The minimum absolute atomic E-state index is 0.0218. The molecule has 1 rings (SSSR count). The van der Waals surface area contributed by atoms with Crippen LogP contribution in [-0.2, 0) is 9.59 Å². The van der Waals surface area contributed by atoms with Gasteiger partial charge in [0.15, 0.2) is 13.1 Å². The van der Waals surface area contributed by atoms with E-state index < -0.39 is 0 Å². The van der Waals surface area contributed by atoms with E-state index in [4.69, 9.17) is 0 Å². The molecule has 0 bridgehead atoms. The predicted molar refractivity (Wildman–Crippen MR) is 87.7 cm³/mol. The van der Waals surface area contributed by atoms with Crippen LogP contribution in [-0.4, -0.2) is 38.0 Å². The van der Waals surface area contributed by atoms with Crippen molar-refractivity contribution in [3.63, 3.8) is 0 Å². The number of hydrogen-bond acceptors (Lipinski definition) is 2. The first-order valence-electron chi connectivity index (χ1n) is 6.70. The van der Waals surface area contributed by atoms with E-state index in [1.165, 1.54) is 0 Å². The number of nitrogens with one attached hydrogen (secondary N) is 3. The third-order valence-corrected chi connectivity index (χ3v) is 3.54. The largest absolute Gasteiger partial charge is 0.351 e. The van der Waals surface area contributed by atoms with Gasteiger partial charge < -0.3 is 15.5 Å². The van der Waals surface area contributed by atoms with Gasteiger partial charge in [-0.25, -0.2) is 0 Å². The zero-order valence-electron chi connectivity index (χ0n) is 11.8. The van der Waals surface area contributed by atoms with Gasteiger partial charge in [-0.3, -0.25) is 9.59 Å². The van der Waals surface area contributed by atoms with Crippen molar-refractivity contribution in [2.45, 2.75) is 13.8 Å². The van der Waals surface area contributed by atoms with Gasteiger partial charge >= 0.3 is 0 Å². The Bertz CT molecular complexity index is 448. The average molecular weight is 390 g/mol. The minimum Gasteiger partial charge on any atom is -0.351 e. The predicted octanol–water partition coefficient (Wildman–Crippen LogP) is 0.271. The molecule has 0 saturated heterocycles. The minimum atomic E-state index is -0.0765. The van der Waals surface area contributed by atoms with Crippen LogP contribution in [0.3, 0.4) is 0 Å². The third kappa shape index (κ3) is 6.33. The lowest BCUT2D eigenvalue weighted by Gasteiger charge is -2.16. The summed E-state index contributed by atoms with van der Waals surface area (Å²) in [4.78, 5) is 24.4. The average Bonchev–Trinajstić information content (AvgIpc) is 2.41. The van der Waals surface area contributed by atoms with Crippen LogP contribution >= 0.6 is 22.6 Å². The van der Waals surface area contributed by atoms with Crippen LogP contribution in [0.1, 0.15) is 13.8 Å². The number of halogens is 1. The molecule has 1 aromatic carbocycles. The van der Waals surface area contributed by atoms with Crippen LogP contribution < -0.4 is 15.5 Å². The molecule has 5 nitrogen and oxygen atoms in total. The number of carbonyl (C=O) groups is 2. The van der Waals surface area contributed by atoms with Crippen molar-refractivity contribution >= 4 is 40.1 Å². The Labute approximate surface area is 133 Å². The molecule has 0 aromatic heterocycles. The van der Waals surface area contributed by atoms with Gasteiger partial charge in [-0.05, 0) is 60.7 Å². The Morgan fingerprint density at radius 1 is 1.10 bits per heavy atom. The Hall–Kier alpha value is -1.15. The van der Waals surface area contributed by atoms with E-state index in [0.717, 1.165) is 20.7 Å². The molecule has 2 amide bonds. The topological polar surface area (TPSA) is 62.6 Å². The molecule has 0 aliphatic rings. The number of benzene rings is 1. The Kier molecular flexibility index (Phi) is 7.53. The summed E-state index contributed by atoms with van der Waals surface area (Å²) in [6, 6.07) is 7.62. The fraction of sp³-hybridized carbons (Fsp3) is 0.429. The van der Waals surface area contributed by atoms with Gasteiger partial charge in [0.2, 0.25) is 0 Å². The summed E-state index contributed by atoms with van der Waals surface area (Å²) in [5.41, 5.74) is 0.781. The van der Waals surface area contributed by atoms with E-state index in [1.807, 2.05) is 38.1 Å². The van der Waals surface area contributed by atoms with Gasteiger partial charge in [0.25, 0.3) is 11.8 Å². The molecule has 1 atom stereocenters. The summed E-state index contributed by atoms with van der Waals surface area (Å²) in [6.07, 6.45) is 0. The second-order valence-electron chi connectivity index (χ2n) is 4.47. The molecular formula is C14H21IN3O2+. The monoisotopic (exact) mass is 390 g/mol. The maximum atomic E-state index is 11.9. The molecule has 6 heteroatoms. The van der Waals surface area contributed by atoms with Crippen LogP contribution in [0.2, 0.25) is 0 Å². The van der Waals surface area contributed by atoms with E-state index in [-0.39, 0.29) is 11.8 Å². The maximum Gasteiger partial charge on any atom is 0.279 e. The third-order valence-electron chi connectivity index (χ3n) is 2.82. The number of amides is 2. The molecule has 1 aromatic rings. The highest BCUT2D eigenvalue weighted by atomic mass is 127. The number of quaternary nitrogens is 1. The first-order valence-corrected chi connectivity index (χ1v) is 7.78. The van der Waals surface area contributed by atoms with Crippen LogP contribution in [0.15, 0.2) is 24.3 Å². The molecule has 20 heavy (non-hydrogen) atoms. The maximum absolute atomic E-state index is 11.9. The summed E-state index contributed by atoms with van der Waals surface area (Å²) >= 11 is 2.22. The molecular weight excluding hydrogens is 369 g/mol. The van der Waals surface area contributed by atoms with Gasteiger partial charge in [-0.2, -0.15) is 0 Å². The second kappa shape index (κ2) is 8.91. The van der Waals surface area contributed by atoms with Crippen molar-refractivity contribution in [1.29, 1.82) is 0 Å². The molecule has 110 valence electrons. The van der Waals surface area contributed by atoms with Crippen molar-refractivity contribution < 1.29 is 14.5 Å². The number of anilines is 1. The van der Waals surface area contributed by atoms with E-state index in [2.05, 4.69) is 33.2 Å². The number of rotatable bonds is 7. The first-order chi connectivity index (χ1) is 9.55. The normalized spacial score (nSPS) is 11.8. The molecule has 0 radical (unpaired) electrons. The highest BCUT2D eigenvalue weighted by Gasteiger charge is 2.16. The quantitative estimate of drug-likeness (QED) is 0.586. The SMILES string of the molecule is CCNC(=O)C[NH+](CC)CC(=O)Nc1ccc(I)cc1. The van der Waals surface area contributed by atoms with Crippen LogP contribution in [0.5, 0.6) is 0 Å². The molecule has 0 fully saturated rings. The zero-order valence-corrected chi connectivity index (χ0v) is 14.0. The molecule has 0 spiro atoms. The Morgan fingerprint density at radius 2 is 1.70 bits per heavy atom. The highest BCUT2D eigenvalue weighted by Crippen LogP contribution is 2.10. The van der Waals surface area contributed by atoms with Crippen molar-refractivity contribution in [2.24, 2.45) is 0 Å². The van der Waals surface area contributed by atoms with Gasteiger partial charge in [-0.15, -0.1) is 0 Å². The lowest BCUT2D eigenvalue weighted by atomic mass is 10.3. The Morgan fingerprint density at radius 3 is 2.25 bits per heavy atom. The lowest BCUT2D eigenvalue weighted by Crippen LogP contribution is -3.14. The molecule has 0 aliphatic carbocycles. The lowest BCUT2D eigenvalue weighted by molar-refractivity contribution is -0.881. The Balaban J connectivity index is 2.46. The molecule has 0 heterocycles. The van der Waals surface area contributed by atoms with E-state index >= 15 is 0 Å². The van der Waals surface area contributed by atoms with Crippen molar-refractivity contribution in [3.05, 3.63) is 27.8 Å². The van der Waals surface area contributed by atoms with Gasteiger partial charge in [0, 0.05) is 15.8 Å². The van der Waals surface area contributed by atoms with Crippen molar-refractivity contribution in [1.82, 2.24) is 5.32 Å². The van der Waals surface area contributed by atoms with E-state index in [1.54, 1.807) is 0 Å². The van der Waals surface area contributed by atoms with Gasteiger partial charge in [0.05, 0.1) is 6.54 Å². The van der Waals surface area contributed by atoms with E-state index in [0.29, 0.717) is 19.6 Å². The smallest absolute Gasteiger partial charge is 0.279 e. The van der Waals surface area contributed by atoms with Crippen molar-refractivity contribution in [3.8, 4) is 0 Å². The van der Waals surface area contributed by atoms with Crippen LogP contribution in [0, 0.1) is 3.57 Å². The van der Waals surface area contributed by atoms with Crippen LogP contribution in [0.4, 0.5) is 5.69 Å². The fourth-order valence-corrected chi connectivity index (χ4v) is 2.12. The number of carbonyl (C=O) groups excluding carboxylic acids is 2. The summed E-state index contributed by atoms with van der Waals surface area (Å²) in [7, 11) is 0. The molecule has 0 saturated carbocycles. The molecule has 1 unspecified atom stereocenters. The van der Waals surface area contributed by atoms with Crippen LogP contribution in [0.25, 0.3) is 0 Å². The van der Waals surface area contributed by atoms with Crippen molar-refractivity contribution in [2.75, 3.05) is 31.5 Å². The summed E-state index contributed by atoms with van der Waals surface area (Å²) < 4.78 is 1.12. The summed E-state index contributed by atoms with van der Waals surface area (Å²) in [6.45, 7) is 5.81. The summed E-state index contributed by atoms with van der Waals surface area (Å²) in [5, 5.41) is 5.59. The van der Waals surface area contributed by atoms with E-state index in [9.17, 15) is 9.59 Å². The second-order valence-corrected chi connectivity index (χ2v) is 5.71. The summed E-state index contributed by atoms with van der Waals surface area (Å²) in [5.74, 6) is -0.0984. The zero-order chi connectivity index (χ0) is 15.0. The standard InChI is InChI=1S/C14H20IN3O2/c1-3-16-13(19)9-18(4-2)10-14(20)17-12-7-5-11(15)6-8-12/h5-8H,3-4,9-10H2,1-2H3,(H,16,19)(H,17,20)/p+1. The van der Waals surface area contributed by atoms with Gasteiger partial charge in [0.1, 0.15) is 0 Å². The molecule has 3 N–H and O–H groups in total. The molecule has 0 aliphatic heterocycles. The first kappa shape index (κ1) is 16.9. The number of likely N-dealkylation sites (N-methyl/N-ethyl adjacent to an activating group) is 2. The number of hydrogen-bond donors (Lipinski definition) is 3.